The van der Waals surface area contributed by atoms with Gasteiger partial charge < -0.3 is 0 Å². The summed E-state index contributed by atoms with van der Waals surface area (Å²) >= 11 is 0. The lowest BCUT2D eigenvalue weighted by Gasteiger charge is -2.44. The predicted octanol–water partition coefficient (Wildman–Crippen LogP) is 10.8. The lowest BCUT2D eigenvalue weighted by atomic mass is 9.12. The summed E-state index contributed by atoms with van der Waals surface area (Å²) in [5.74, 6) is -71.8. The van der Waals surface area contributed by atoms with E-state index in [-0.39, 0.29) is 11.6 Å². The molecule has 0 N–H and O–H groups in total. The summed E-state index contributed by atoms with van der Waals surface area (Å²) in [6.45, 7) is 0. The van der Waals surface area contributed by atoms with E-state index in [2.05, 4.69) is 36.4 Å². The zero-order valence-corrected chi connectivity index (χ0v) is 36.9. The first-order chi connectivity index (χ1) is 34.9. The minimum absolute atomic E-state index is 0.0469. The summed E-state index contributed by atoms with van der Waals surface area (Å²) in [6, 6.07) is 36.7. The number of ketones is 1. The molecule has 0 aliphatic heterocycles. The summed E-state index contributed by atoms with van der Waals surface area (Å²) in [4.78, 5) is 13.4. The van der Waals surface area contributed by atoms with E-state index in [0.29, 0.717) is 11.7 Å². The van der Waals surface area contributed by atoms with Crippen molar-refractivity contribution in [3.63, 3.8) is 0 Å². The highest BCUT2D eigenvalue weighted by molar-refractivity contribution is 7.96. The van der Waals surface area contributed by atoms with Crippen molar-refractivity contribution in [3.8, 4) is 0 Å². The van der Waals surface area contributed by atoms with Gasteiger partial charge in [0.15, 0.2) is 69.8 Å². The number of carbonyl (C=O) groups is 1. The van der Waals surface area contributed by atoms with Gasteiger partial charge in [-0.15, -0.1) is 21.9 Å². The van der Waals surface area contributed by atoms with E-state index >= 15 is 35.1 Å². The number of Topliss-reactive ketones (excluding diaryl/α,β-unsaturated/α-hetero) is 1. The zero-order chi connectivity index (χ0) is 54.5. The van der Waals surface area contributed by atoms with Crippen LogP contribution in [0, 0.1) is 122 Å². The highest BCUT2D eigenvalue weighted by atomic mass is 31.2. The smallest absolute Gasteiger partial charge is 0.201 e. The number of rotatable bonds is 10. The molecule has 0 heterocycles. The quantitative estimate of drug-likeness (QED) is 0.0333. The maximum absolute atomic E-state index is 15.4. The lowest BCUT2D eigenvalue weighted by Crippen LogP contribution is -2.81. The first kappa shape index (κ1) is 54.2. The second-order valence-corrected chi connectivity index (χ2v) is 19.2. The van der Waals surface area contributed by atoms with Crippen LogP contribution in [0.4, 0.5) is 92.2 Å². The van der Waals surface area contributed by atoms with Crippen LogP contribution in [0.1, 0.15) is 10.4 Å². The van der Waals surface area contributed by atoms with Gasteiger partial charge in [-0.3, -0.25) is 4.79 Å². The van der Waals surface area contributed by atoms with Gasteiger partial charge >= 0.3 is 0 Å². The van der Waals surface area contributed by atoms with Crippen LogP contribution in [0.5, 0.6) is 0 Å². The van der Waals surface area contributed by atoms with Crippen LogP contribution in [0.3, 0.4) is 0 Å². The average molecular weight is 1080 g/mol. The molecule has 0 fully saturated rings. The fraction of sp³-hybridized carbons (Fsp3) is 0.0200. The normalized spacial score (nSPS) is 11.7. The molecule has 0 radical (unpaired) electrons. The van der Waals surface area contributed by atoms with E-state index < -0.39 is 152 Å². The van der Waals surface area contributed by atoms with Gasteiger partial charge in [-0.1, -0.05) is 66.7 Å². The Bertz CT molecular complexity index is 3030. The summed E-state index contributed by atoms with van der Waals surface area (Å²) in [7, 11) is -2.26. The van der Waals surface area contributed by atoms with Crippen molar-refractivity contribution in [2.24, 2.45) is 0 Å². The highest BCUT2D eigenvalue weighted by Gasteiger charge is 2.53. The van der Waals surface area contributed by atoms with Gasteiger partial charge in [-0.25, -0.2) is 92.2 Å². The Morgan fingerprint density at radius 1 is 0.297 bits per heavy atom. The minimum atomic E-state index is -7.22. The zero-order valence-electron chi connectivity index (χ0n) is 36.0. The van der Waals surface area contributed by atoms with Gasteiger partial charge in [0.25, 0.3) is 0 Å². The van der Waals surface area contributed by atoms with Crippen molar-refractivity contribution >= 4 is 57.0 Å². The number of carbonyl (C=O) groups excluding carboxylic acids is 1. The van der Waals surface area contributed by atoms with Crippen molar-refractivity contribution in [2.75, 3.05) is 6.16 Å². The Labute approximate surface area is 402 Å². The second-order valence-electron chi connectivity index (χ2n) is 15.7. The van der Waals surface area contributed by atoms with E-state index in [0.717, 1.165) is 15.9 Å². The van der Waals surface area contributed by atoms with Crippen LogP contribution in [0.15, 0.2) is 115 Å². The van der Waals surface area contributed by atoms with Crippen molar-refractivity contribution in [1.82, 2.24) is 0 Å². The maximum Gasteiger partial charge on any atom is 0.201 e. The molecule has 0 aromatic heterocycles. The molecule has 0 amide bonds. The molecule has 8 rings (SSSR count). The molecule has 24 heteroatoms. The van der Waals surface area contributed by atoms with Crippen LogP contribution in [0.25, 0.3) is 0 Å². The average Bonchev–Trinajstić information content (AvgIpc) is 3.41. The third-order valence-corrected chi connectivity index (χ3v) is 16.1. The highest BCUT2D eigenvalue weighted by Crippen LogP contribution is 2.55. The summed E-state index contributed by atoms with van der Waals surface area (Å²) < 4.78 is 308. The van der Waals surface area contributed by atoms with Gasteiger partial charge in [-0.05, 0) is 48.5 Å². The third kappa shape index (κ3) is 8.63. The van der Waals surface area contributed by atoms with Crippen LogP contribution in [0.2, 0.25) is 0 Å². The molecule has 1 nitrogen and oxygen atoms in total. The number of hydrogen-bond donors (Lipinski definition) is 0. The predicted molar refractivity (Wildman–Crippen MR) is 230 cm³/mol. The molecule has 0 aliphatic carbocycles. The van der Waals surface area contributed by atoms with Crippen molar-refractivity contribution in [2.45, 2.75) is 0 Å². The molecular weight excluding hydrogens is 1060 g/mol. The molecule has 0 unspecified atom stereocenters. The summed E-state index contributed by atoms with van der Waals surface area (Å²) in [5, 5.41) is 3.42. The third-order valence-electron chi connectivity index (χ3n) is 11.8. The van der Waals surface area contributed by atoms with Gasteiger partial charge in [0.1, 0.15) is 87.8 Å². The Kier molecular flexibility index (Phi) is 15.2. The monoisotopic (exact) mass is 1080 g/mol. The fourth-order valence-corrected chi connectivity index (χ4v) is 12.7. The van der Waals surface area contributed by atoms with Gasteiger partial charge in [0.05, 0.1) is 0 Å². The van der Waals surface area contributed by atoms with Gasteiger partial charge in [0, 0.05) is 5.56 Å². The van der Waals surface area contributed by atoms with Crippen LogP contribution in [-0.2, 0) is 0 Å². The Hall–Kier alpha value is -7.55. The van der Waals surface area contributed by atoms with Gasteiger partial charge in [-0.2, -0.15) is 0 Å². The molecule has 382 valence electrons. The molecule has 0 aliphatic rings. The van der Waals surface area contributed by atoms with Crippen molar-refractivity contribution in [1.29, 1.82) is 0 Å². The maximum atomic E-state index is 15.4. The molecule has 0 atom stereocenters. The van der Waals surface area contributed by atoms with Crippen molar-refractivity contribution < 1.29 is 97.0 Å². The Balaban J connectivity index is 0.000000237. The topological polar surface area (TPSA) is 17.1 Å². The molecular formula is C50H21BF21OP. The van der Waals surface area contributed by atoms with E-state index in [1.165, 1.54) is 12.1 Å². The molecule has 0 saturated heterocycles. The SMILES string of the molecule is Fc1c(F)c(F)c([B-](c2c(F)c(F)c(F)c(F)c2F)(c2c(F)c(F)c(F)c(F)c2F)c2c(F)c(F)c(F)c(F)c2F)c(F)c1F.O=C(C[P+](c1ccccc1)(c1ccccc1)c1ccccc1)c1cccc(F)c1. The first-order valence-electron chi connectivity index (χ1n) is 20.5. The number of benzene rings is 8. The molecule has 0 spiro atoms. The van der Waals surface area contributed by atoms with Crippen LogP contribution < -0.4 is 37.8 Å². The van der Waals surface area contributed by atoms with Crippen molar-refractivity contribution in [3.05, 3.63) is 243 Å². The molecule has 8 aromatic rings. The molecule has 74 heavy (non-hydrogen) atoms. The lowest BCUT2D eigenvalue weighted by molar-refractivity contribution is 0.102. The van der Waals surface area contributed by atoms with Crippen LogP contribution >= 0.6 is 7.26 Å². The van der Waals surface area contributed by atoms with E-state index in [1.807, 2.05) is 54.6 Å². The standard InChI is InChI=1S/C26H21FOP.C24BF20/c27-22-12-10-11-21(19-22)26(28)20-29(23-13-4-1-5-14-23,24-15-6-2-7-16-24)25-17-8-3-9-18-25;26-5-1(6(27)14(35)21(42)13(5)34)25(2-7(28)15(36)22(43)16(37)8(2)29,3-9(30)17(38)23(44)18(39)10(3)31)4-11(32)19(40)24(45)20(41)12(4)33/h1-19H,20H2;/q+1;-1. The van der Waals surface area contributed by atoms with E-state index in [9.17, 15) is 61.9 Å². The molecule has 0 saturated carbocycles. The second kappa shape index (κ2) is 20.8. The van der Waals surface area contributed by atoms with E-state index in [1.54, 1.807) is 12.1 Å². The first-order valence-corrected chi connectivity index (χ1v) is 22.4. The Morgan fingerprint density at radius 3 is 0.757 bits per heavy atom. The Morgan fingerprint density at radius 2 is 0.527 bits per heavy atom. The van der Waals surface area contributed by atoms with Gasteiger partial charge in [0.2, 0.25) is 5.78 Å². The largest absolute Gasteiger partial charge is 0.290 e. The fourth-order valence-electron chi connectivity index (χ4n) is 8.61. The minimum Gasteiger partial charge on any atom is -0.290 e. The molecule has 0 bridgehead atoms. The number of halogens is 21. The molecule has 8 aromatic carbocycles. The van der Waals surface area contributed by atoms with Crippen LogP contribution in [-0.4, -0.2) is 18.1 Å². The summed E-state index contributed by atoms with van der Waals surface area (Å²) in [5.41, 5.74) is -13.9. The number of hydrogen-bond acceptors (Lipinski definition) is 1. The van der Waals surface area contributed by atoms with E-state index in [4.69, 9.17) is 0 Å². The summed E-state index contributed by atoms with van der Waals surface area (Å²) in [6.07, 6.45) is -6.90.